The van der Waals surface area contributed by atoms with Gasteiger partial charge in [0.05, 0.1) is 4.92 Å². The lowest BCUT2D eigenvalue weighted by molar-refractivity contribution is -0.384. The van der Waals surface area contributed by atoms with Gasteiger partial charge in [-0.1, -0.05) is 23.2 Å². The molecule has 0 aliphatic carbocycles. The highest BCUT2D eigenvalue weighted by Crippen LogP contribution is 2.34. The van der Waals surface area contributed by atoms with Crippen LogP contribution < -0.4 is 5.32 Å². The third-order valence-electron chi connectivity index (χ3n) is 2.19. The molecule has 98 valence electrons. The van der Waals surface area contributed by atoms with Gasteiger partial charge in [-0.3, -0.25) is 14.9 Å². The Hall–Kier alpha value is -1.63. The van der Waals surface area contributed by atoms with Crippen molar-refractivity contribution in [3.05, 3.63) is 54.7 Å². The average Bonchev–Trinajstić information content (AvgIpc) is 2.74. The molecule has 1 heterocycles. The molecule has 1 N–H and O–H groups in total. The summed E-state index contributed by atoms with van der Waals surface area (Å²) in [6.45, 7) is 0. The molecule has 1 aromatic heterocycles. The monoisotopic (exact) mass is 316 g/mol. The Morgan fingerprint density at radius 2 is 1.89 bits per heavy atom. The van der Waals surface area contributed by atoms with Crippen LogP contribution in [0, 0.1) is 10.1 Å². The number of hydrogen-bond acceptors (Lipinski definition) is 4. The predicted octanol–water partition coefficient (Wildman–Crippen LogP) is 4.22. The van der Waals surface area contributed by atoms with Crippen LogP contribution in [0.2, 0.25) is 9.36 Å². The van der Waals surface area contributed by atoms with Crippen molar-refractivity contribution in [3.8, 4) is 0 Å². The first-order valence-electron chi connectivity index (χ1n) is 4.98. The molecule has 0 unspecified atom stereocenters. The van der Waals surface area contributed by atoms with E-state index in [0.717, 1.165) is 17.4 Å². The zero-order valence-corrected chi connectivity index (χ0v) is 11.6. The number of thiophene rings is 1. The standard InChI is InChI=1S/C11H6Cl2N2O3S/c12-6-1-3-7(4-2-6)14-11(16)9-5-8(15(17)18)10(13)19-9/h1-5H,(H,14,16). The molecule has 0 spiro atoms. The molecule has 0 bridgehead atoms. The van der Waals surface area contributed by atoms with Crippen LogP contribution in [0.15, 0.2) is 30.3 Å². The highest BCUT2D eigenvalue weighted by atomic mass is 35.5. The summed E-state index contributed by atoms with van der Waals surface area (Å²) < 4.78 is -0.0220. The smallest absolute Gasteiger partial charge is 0.299 e. The van der Waals surface area contributed by atoms with Gasteiger partial charge >= 0.3 is 0 Å². The second kappa shape index (κ2) is 5.56. The first-order chi connectivity index (χ1) is 8.97. The molecule has 0 aliphatic rings. The number of nitrogens with zero attached hydrogens (tertiary/aromatic N) is 1. The van der Waals surface area contributed by atoms with E-state index < -0.39 is 10.8 Å². The molecule has 0 fully saturated rings. The molecular weight excluding hydrogens is 311 g/mol. The third-order valence-corrected chi connectivity index (χ3v) is 3.78. The Balaban J connectivity index is 2.18. The molecule has 2 rings (SSSR count). The second-order valence-electron chi connectivity index (χ2n) is 3.49. The van der Waals surface area contributed by atoms with Crippen LogP contribution >= 0.6 is 34.5 Å². The fourth-order valence-electron chi connectivity index (χ4n) is 1.32. The zero-order valence-electron chi connectivity index (χ0n) is 9.22. The number of carbonyl (C=O) groups excluding carboxylic acids is 1. The number of rotatable bonds is 3. The van der Waals surface area contributed by atoms with E-state index in [0.29, 0.717) is 10.7 Å². The number of halogens is 2. The van der Waals surface area contributed by atoms with Gasteiger partial charge in [0.15, 0.2) is 4.34 Å². The van der Waals surface area contributed by atoms with Crippen molar-refractivity contribution in [1.82, 2.24) is 0 Å². The number of benzene rings is 1. The van der Waals surface area contributed by atoms with Crippen molar-refractivity contribution in [2.75, 3.05) is 5.32 Å². The van der Waals surface area contributed by atoms with Crippen LogP contribution in [0.25, 0.3) is 0 Å². The van der Waals surface area contributed by atoms with E-state index in [9.17, 15) is 14.9 Å². The largest absolute Gasteiger partial charge is 0.321 e. The number of anilines is 1. The first kappa shape index (κ1) is 13.8. The molecule has 0 atom stereocenters. The lowest BCUT2D eigenvalue weighted by Gasteiger charge is -2.02. The molecule has 2 aromatic rings. The molecule has 8 heteroatoms. The SMILES string of the molecule is O=C(Nc1ccc(Cl)cc1)c1cc([N+](=O)[O-])c(Cl)s1. The number of nitrogens with one attached hydrogen (secondary N) is 1. The molecule has 1 amide bonds. The quantitative estimate of drug-likeness (QED) is 0.680. The summed E-state index contributed by atoms with van der Waals surface area (Å²) >= 11 is 12.3. The van der Waals surface area contributed by atoms with E-state index >= 15 is 0 Å². The molecule has 1 aromatic carbocycles. The summed E-state index contributed by atoms with van der Waals surface area (Å²) in [4.78, 5) is 22.1. The molecule has 0 saturated heterocycles. The van der Waals surface area contributed by atoms with Crippen molar-refractivity contribution in [3.63, 3.8) is 0 Å². The predicted molar refractivity (Wildman–Crippen MR) is 75.4 cm³/mol. The van der Waals surface area contributed by atoms with Gasteiger partial charge in [-0.15, -0.1) is 11.3 Å². The van der Waals surface area contributed by atoms with Gasteiger partial charge in [0.1, 0.15) is 4.88 Å². The van der Waals surface area contributed by atoms with E-state index in [2.05, 4.69) is 5.32 Å². The highest BCUT2D eigenvalue weighted by Gasteiger charge is 2.21. The number of nitro groups is 1. The van der Waals surface area contributed by atoms with Gasteiger partial charge in [0, 0.05) is 16.8 Å². The fourth-order valence-corrected chi connectivity index (χ4v) is 2.57. The fraction of sp³-hybridized carbons (Fsp3) is 0. The third kappa shape index (κ3) is 3.23. The van der Waals surface area contributed by atoms with Crippen LogP contribution in [0.5, 0.6) is 0 Å². The summed E-state index contributed by atoms with van der Waals surface area (Å²) in [7, 11) is 0. The normalized spacial score (nSPS) is 10.2. The van der Waals surface area contributed by atoms with E-state index in [1.165, 1.54) is 0 Å². The Morgan fingerprint density at radius 1 is 1.26 bits per heavy atom. The molecule has 0 radical (unpaired) electrons. The van der Waals surface area contributed by atoms with E-state index in [1.807, 2.05) is 0 Å². The van der Waals surface area contributed by atoms with Crippen molar-refractivity contribution < 1.29 is 9.72 Å². The Labute approximate surface area is 121 Å². The lowest BCUT2D eigenvalue weighted by atomic mass is 10.3. The van der Waals surface area contributed by atoms with Gasteiger partial charge in [0.2, 0.25) is 0 Å². The molecular formula is C11H6Cl2N2O3S. The van der Waals surface area contributed by atoms with Crippen LogP contribution in [-0.2, 0) is 0 Å². The zero-order chi connectivity index (χ0) is 14.0. The average molecular weight is 317 g/mol. The molecule has 0 aliphatic heterocycles. The minimum absolute atomic E-state index is 0.0220. The van der Waals surface area contributed by atoms with Crippen molar-refractivity contribution in [2.24, 2.45) is 0 Å². The Morgan fingerprint density at radius 3 is 2.42 bits per heavy atom. The Kier molecular flexibility index (Phi) is 4.04. The van der Waals surface area contributed by atoms with Crippen molar-refractivity contribution >= 4 is 51.8 Å². The first-order valence-corrected chi connectivity index (χ1v) is 6.55. The summed E-state index contributed by atoms with van der Waals surface area (Å²) in [6, 6.07) is 7.66. The van der Waals surface area contributed by atoms with E-state index in [1.54, 1.807) is 24.3 Å². The molecule has 19 heavy (non-hydrogen) atoms. The van der Waals surface area contributed by atoms with Gasteiger partial charge in [-0.05, 0) is 24.3 Å². The van der Waals surface area contributed by atoms with E-state index in [4.69, 9.17) is 23.2 Å². The van der Waals surface area contributed by atoms with Gasteiger partial charge in [0.25, 0.3) is 11.6 Å². The number of hydrogen-bond donors (Lipinski definition) is 1. The highest BCUT2D eigenvalue weighted by molar-refractivity contribution is 7.18. The summed E-state index contributed by atoms with van der Waals surface area (Å²) in [6.07, 6.45) is 0. The maximum absolute atomic E-state index is 11.9. The summed E-state index contributed by atoms with van der Waals surface area (Å²) in [5.74, 6) is -0.456. The Bertz CT molecular complexity index is 640. The van der Waals surface area contributed by atoms with Crippen LogP contribution in [-0.4, -0.2) is 10.8 Å². The number of carbonyl (C=O) groups is 1. The van der Waals surface area contributed by atoms with Gasteiger partial charge < -0.3 is 5.32 Å². The van der Waals surface area contributed by atoms with Gasteiger partial charge in [-0.2, -0.15) is 0 Å². The maximum Gasteiger partial charge on any atom is 0.299 e. The van der Waals surface area contributed by atoms with Crippen LogP contribution in [0.1, 0.15) is 9.67 Å². The number of amides is 1. The van der Waals surface area contributed by atoms with Crippen molar-refractivity contribution in [2.45, 2.75) is 0 Å². The van der Waals surface area contributed by atoms with Gasteiger partial charge in [-0.25, -0.2) is 0 Å². The minimum Gasteiger partial charge on any atom is -0.321 e. The molecule has 0 saturated carbocycles. The van der Waals surface area contributed by atoms with E-state index in [-0.39, 0.29) is 14.9 Å². The second-order valence-corrected chi connectivity index (χ2v) is 5.58. The van der Waals surface area contributed by atoms with Crippen molar-refractivity contribution in [1.29, 1.82) is 0 Å². The maximum atomic E-state index is 11.9. The van der Waals surface area contributed by atoms with Crippen LogP contribution in [0.4, 0.5) is 11.4 Å². The lowest BCUT2D eigenvalue weighted by Crippen LogP contribution is -2.09. The molecule has 5 nitrogen and oxygen atoms in total. The van der Waals surface area contributed by atoms with Crippen LogP contribution in [0.3, 0.4) is 0 Å². The topological polar surface area (TPSA) is 72.2 Å². The summed E-state index contributed by atoms with van der Waals surface area (Å²) in [5, 5.41) is 13.8. The minimum atomic E-state index is -0.627. The summed E-state index contributed by atoms with van der Waals surface area (Å²) in [5.41, 5.74) is 0.273.